The number of hydrogen-bond donors (Lipinski definition) is 6. The number of ether oxygens (including phenoxy) is 2. The zero-order chi connectivity index (χ0) is 21.6. The molecule has 2 aromatic rings. The Hall–Kier alpha value is -1.71. The van der Waals surface area contributed by atoms with Gasteiger partial charge >= 0.3 is 15.6 Å². The molecule has 3 heterocycles. The van der Waals surface area contributed by atoms with E-state index >= 15 is 0 Å². The molecule has 18 heteroatoms. The second kappa shape index (κ2) is 7.85. The Kier molecular flexibility index (Phi) is 5.95. The molecule has 3 rings (SSSR count). The summed E-state index contributed by atoms with van der Waals surface area (Å²) in [4.78, 5) is 58.2. The fraction of sp³-hybridized carbons (Fsp3) is 0.545. The van der Waals surface area contributed by atoms with Gasteiger partial charge in [-0.15, -0.1) is 0 Å². The molecule has 1 fully saturated rings. The molecule has 0 saturated carbocycles. The Labute approximate surface area is 161 Å². The molecule has 0 bridgehead atoms. The molecule has 2 aromatic heterocycles. The van der Waals surface area contributed by atoms with Crippen molar-refractivity contribution in [2.24, 2.45) is 0 Å². The Morgan fingerprint density at radius 1 is 1.28 bits per heavy atom. The number of phosphoric acid groups is 2. The first-order chi connectivity index (χ1) is 13.4. The highest BCUT2D eigenvalue weighted by Gasteiger charge is 2.50. The van der Waals surface area contributed by atoms with E-state index in [1.54, 1.807) is 0 Å². The van der Waals surface area contributed by atoms with E-state index in [0.29, 0.717) is 0 Å². The van der Waals surface area contributed by atoms with Crippen LogP contribution in [0.15, 0.2) is 11.1 Å². The molecular weight excluding hydrogens is 440 g/mol. The summed E-state index contributed by atoms with van der Waals surface area (Å²) in [6.45, 7) is -0.784. The van der Waals surface area contributed by atoms with E-state index in [9.17, 15) is 23.7 Å². The number of hydrogen-bond acceptors (Lipinski definition) is 10. The van der Waals surface area contributed by atoms with Crippen molar-refractivity contribution in [3.8, 4) is 0 Å². The van der Waals surface area contributed by atoms with Crippen LogP contribution >= 0.6 is 15.6 Å². The topological polar surface area (TPSA) is 242 Å². The first-order valence-corrected chi connectivity index (χ1v) is 10.8. The Morgan fingerprint density at radius 2 is 1.97 bits per heavy atom. The van der Waals surface area contributed by atoms with Crippen LogP contribution in [0.5, 0.6) is 0 Å². The van der Waals surface area contributed by atoms with Gasteiger partial charge in [-0.05, 0) is 0 Å². The van der Waals surface area contributed by atoms with Gasteiger partial charge in [-0.1, -0.05) is 0 Å². The van der Waals surface area contributed by atoms with Gasteiger partial charge in [0, 0.05) is 7.11 Å². The highest BCUT2D eigenvalue weighted by Crippen LogP contribution is 2.46. The molecule has 7 N–H and O–H groups in total. The molecule has 0 spiro atoms. The van der Waals surface area contributed by atoms with Gasteiger partial charge < -0.3 is 34.8 Å². The molecule has 162 valence electrons. The van der Waals surface area contributed by atoms with Gasteiger partial charge in [0.25, 0.3) is 5.56 Å². The number of phosphoric ester groups is 2. The van der Waals surface area contributed by atoms with Crippen molar-refractivity contribution >= 4 is 32.8 Å². The quantitative estimate of drug-likeness (QED) is 0.251. The van der Waals surface area contributed by atoms with E-state index in [4.69, 9.17) is 29.5 Å². The van der Waals surface area contributed by atoms with Crippen LogP contribution in [0.4, 0.5) is 5.95 Å². The third-order valence-electron chi connectivity index (χ3n) is 3.95. The fourth-order valence-electron chi connectivity index (χ4n) is 2.90. The molecule has 0 unspecified atom stereocenters. The number of nitrogens with one attached hydrogen (secondary N) is 1. The monoisotopic (exact) mass is 457 g/mol. The molecule has 1 aliphatic heterocycles. The van der Waals surface area contributed by atoms with Crippen molar-refractivity contribution in [3.63, 3.8) is 0 Å². The molecule has 1 aliphatic rings. The van der Waals surface area contributed by atoms with Crippen molar-refractivity contribution in [2.75, 3.05) is 19.5 Å². The van der Waals surface area contributed by atoms with Crippen molar-refractivity contribution in [1.82, 2.24) is 19.5 Å². The van der Waals surface area contributed by atoms with Crippen LogP contribution in [0.25, 0.3) is 11.2 Å². The smallest absolute Gasteiger partial charge is 0.374 e. The lowest BCUT2D eigenvalue weighted by molar-refractivity contribution is -0.0578. The number of nitrogens with zero attached hydrogens (tertiary/aromatic N) is 3. The molecule has 0 aliphatic carbocycles. The van der Waals surface area contributed by atoms with Crippen LogP contribution in [0, 0.1) is 0 Å². The Balaban J connectivity index is 2.01. The predicted octanol–water partition coefficient (Wildman–Crippen LogP) is -1.80. The largest absolute Gasteiger partial charge is 0.470 e. The van der Waals surface area contributed by atoms with Crippen molar-refractivity contribution < 1.29 is 47.2 Å². The van der Waals surface area contributed by atoms with Crippen molar-refractivity contribution in [1.29, 1.82) is 0 Å². The highest BCUT2D eigenvalue weighted by atomic mass is 31.2. The minimum Gasteiger partial charge on any atom is -0.374 e. The molecule has 29 heavy (non-hydrogen) atoms. The number of aromatic nitrogens is 4. The number of nitrogen functional groups attached to an aromatic ring is 1. The Morgan fingerprint density at radius 3 is 2.55 bits per heavy atom. The third kappa shape index (κ3) is 4.90. The van der Waals surface area contributed by atoms with Gasteiger partial charge in [0.05, 0.1) is 12.9 Å². The lowest BCUT2D eigenvalue weighted by atomic mass is 10.1. The van der Waals surface area contributed by atoms with E-state index < -0.39 is 52.4 Å². The van der Waals surface area contributed by atoms with Crippen LogP contribution < -0.4 is 11.3 Å². The van der Waals surface area contributed by atoms with Gasteiger partial charge in [0.15, 0.2) is 17.4 Å². The summed E-state index contributed by atoms with van der Waals surface area (Å²) in [5, 5.41) is 0. The fourth-order valence-corrected chi connectivity index (χ4v) is 3.82. The number of aromatic amines is 1. The van der Waals surface area contributed by atoms with Crippen LogP contribution in [0.2, 0.25) is 0 Å². The Bertz CT molecular complexity index is 1040. The average Bonchev–Trinajstić information content (AvgIpc) is 3.12. The zero-order valence-corrected chi connectivity index (χ0v) is 16.3. The van der Waals surface area contributed by atoms with Gasteiger partial charge in [-0.25, -0.2) is 14.1 Å². The van der Waals surface area contributed by atoms with Gasteiger partial charge in [-0.2, -0.15) is 4.98 Å². The molecule has 4 atom stereocenters. The maximum absolute atomic E-state index is 12.0. The second-order valence-corrected chi connectivity index (χ2v) is 8.32. The highest BCUT2D eigenvalue weighted by molar-refractivity contribution is 7.46. The normalized spacial score (nSPS) is 25.7. The predicted molar refractivity (Wildman–Crippen MR) is 92.2 cm³/mol. The first kappa shape index (κ1) is 22.0. The van der Waals surface area contributed by atoms with Crippen LogP contribution in [-0.4, -0.2) is 71.1 Å². The van der Waals surface area contributed by atoms with Gasteiger partial charge in [0.2, 0.25) is 5.95 Å². The van der Waals surface area contributed by atoms with E-state index in [2.05, 4.69) is 19.5 Å². The number of methoxy groups -OCH3 is 1. The number of anilines is 1. The lowest BCUT2D eigenvalue weighted by Crippen LogP contribution is -2.37. The summed E-state index contributed by atoms with van der Waals surface area (Å²) in [7, 11) is -8.79. The van der Waals surface area contributed by atoms with E-state index in [1.165, 1.54) is 11.7 Å². The van der Waals surface area contributed by atoms with Gasteiger partial charge in [0.1, 0.15) is 18.3 Å². The minimum atomic E-state index is -5.06. The average molecular weight is 457 g/mol. The summed E-state index contributed by atoms with van der Waals surface area (Å²) in [5.41, 5.74) is 4.78. The molecule has 0 amide bonds. The number of nitrogens with two attached hydrogens (primary N) is 1. The van der Waals surface area contributed by atoms with Crippen LogP contribution in [0.3, 0.4) is 0 Å². The standard InChI is InChI=1S/C11H17N5O11P2/c1-24-7-6(27-29(21,22)23)4(2-25-28(18,19)20)26-10(7)16-3-13-5-8(16)14-11(12)15-9(5)17/h3-4,6-7,10H,2H2,1H3,(H2,18,19,20)(H2,21,22,23)(H3,12,14,15,17)/t4-,6-,7-,10-/m1/s1. The summed E-state index contributed by atoms with van der Waals surface area (Å²) < 4.78 is 43.5. The molecule has 16 nitrogen and oxygen atoms in total. The number of rotatable bonds is 7. The minimum absolute atomic E-state index is 0.0233. The van der Waals surface area contributed by atoms with Gasteiger partial charge in [-0.3, -0.25) is 23.4 Å². The van der Waals surface area contributed by atoms with E-state index in [-0.39, 0.29) is 17.1 Å². The number of imidazole rings is 1. The van der Waals surface area contributed by atoms with E-state index in [0.717, 1.165) is 6.33 Å². The lowest BCUT2D eigenvalue weighted by Gasteiger charge is -2.23. The third-order valence-corrected chi connectivity index (χ3v) is 4.95. The summed E-state index contributed by atoms with van der Waals surface area (Å²) >= 11 is 0. The SMILES string of the molecule is CO[C@@H]1[C@H](OP(=O)(O)O)[C@@H](COP(=O)(O)O)O[C@H]1n1cnc2c(=O)[nH]c(N)nc21. The summed E-state index contributed by atoms with van der Waals surface area (Å²) in [6, 6.07) is 0. The molecule has 1 saturated heterocycles. The molecule has 0 aromatic carbocycles. The summed E-state index contributed by atoms with van der Waals surface area (Å²) in [6.07, 6.45) is -4.14. The number of fused-ring (bicyclic) bond motifs is 1. The van der Waals surface area contributed by atoms with Crippen molar-refractivity contribution in [3.05, 3.63) is 16.7 Å². The molecular formula is C11H17N5O11P2. The second-order valence-electron chi connectivity index (χ2n) is 5.89. The zero-order valence-electron chi connectivity index (χ0n) is 14.6. The molecule has 0 radical (unpaired) electrons. The maximum Gasteiger partial charge on any atom is 0.470 e. The van der Waals surface area contributed by atoms with Crippen LogP contribution in [0.1, 0.15) is 6.23 Å². The van der Waals surface area contributed by atoms with Crippen molar-refractivity contribution in [2.45, 2.75) is 24.5 Å². The maximum atomic E-state index is 12.0. The first-order valence-electron chi connectivity index (χ1n) is 7.74. The van der Waals surface area contributed by atoms with Crippen LogP contribution in [-0.2, 0) is 27.7 Å². The number of H-pyrrole nitrogens is 1. The summed E-state index contributed by atoms with van der Waals surface area (Å²) in [5.74, 6) is -0.222. The van der Waals surface area contributed by atoms with E-state index in [1.807, 2.05) is 0 Å².